The predicted molar refractivity (Wildman–Crippen MR) is 90.7 cm³/mol. The zero-order chi connectivity index (χ0) is 13.8. The van der Waals surface area contributed by atoms with E-state index in [1.165, 1.54) is 5.56 Å². The van der Waals surface area contributed by atoms with E-state index in [0.717, 1.165) is 25.6 Å². The molecular weight excluding hydrogens is 415 g/mol. The van der Waals surface area contributed by atoms with Crippen molar-refractivity contribution in [2.75, 3.05) is 0 Å². The number of benzene rings is 2. The van der Waals surface area contributed by atoms with E-state index in [2.05, 4.69) is 57.6 Å². The van der Waals surface area contributed by atoms with Crippen molar-refractivity contribution in [1.29, 1.82) is 0 Å². The fourth-order valence-electron chi connectivity index (χ4n) is 1.88. The van der Waals surface area contributed by atoms with Crippen LogP contribution in [0.2, 0.25) is 0 Å². The van der Waals surface area contributed by atoms with Crippen LogP contribution in [0.3, 0.4) is 0 Å². The molecule has 0 aliphatic heterocycles. The van der Waals surface area contributed by atoms with Gasteiger partial charge in [-0.2, -0.15) is 0 Å². The minimum atomic E-state index is 0.148. The molecule has 0 saturated heterocycles. The Kier molecular flexibility index (Phi) is 5.16. The summed E-state index contributed by atoms with van der Waals surface area (Å²) in [6, 6.07) is 14.1. The molecule has 0 unspecified atom stereocenters. The first-order valence-corrected chi connectivity index (χ1v) is 8.03. The van der Waals surface area contributed by atoms with Crippen LogP contribution in [0.25, 0.3) is 0 Å². The lowest BCUT2D eigenvalue weighted by Crippen LogP contribution is -2.05. The highest BCUT2D eigenvalue weighted by Crippen LogP contribution is 2.21. The van der Waals surface area contributed by atoms with Gasteiger partial charge in [0.25, 0.3) is 0 Å². The van der Waals surface area contributed by atoms with Gasteiger partial charge in [-0.1, -0.05) is 47.1 Å². The first kappa shape index (κ1) is 14.7. The fraction of sp³-hybridized carbons (Fsp3) is 0.188. The van der Waals surface area contributed by atoms with Gasteiger partial charge in [-0.05, 0) is 58.3 Å². The van der Waals surface area contributed by atoms with E-state index in [0.29, 0.717) is 6.42 Å². The zero-order valence-corrected chi connectivity index (χ0v) is 14.4. The lowest BCUT2D eigenvalue weighted by molar-refractivity contribution is 0.0992. The number of ketones is 1. The van der Waals surface area contributed by atoms with Gasteiger partial charge >= 0.3 is 0 Å². The van der Waals surface area contributed by atoms with Crippen LogP contribution in [0.1, 0.15) is 28.4 Å². The number of hydrogen-bond donors (Lipinski definition) is 0. The van der Waals surface area contributed by atoms with E-state index in [1.807, 2.05) is 30.3 Å². The van der Waals surface area contributed by atoms with Crippen molar-refractivity contribution in [2.45, 2.75) is 19.8 Å². The zero-order valence-electron chi connectivity index (χ0n) is 10.6. The van der Waals surface area contributed by atoms with Crippen LogP contribution in [0.4, 0.5) is 0 Å². The largest absolute Gasteiger partial charge is 0.294 e. The minimum absolute atomic E-state index is 0.148. The summed E-state index contributed by atoms with van der Waals surface area (Å²) in [5.74, 6) is 0.148. The van der Waals surface area contributed by atoms with Crippen LogP contribution in [-0.2, 0) is 12.8 Å². The highest BCUT2D eigenvalue weighted by molar-refractivity contribution is 14.1. The van der Waals surface area contributed by atoms with Crippen molar-refractivity contribution in [1.82, 2.24) is 0 Å². The van der Waals surface area contributed by atoms with E-state index >= 15 is 0 Å². The minimum Gasteiger partial charge on any atom is -0.294 e. The molecule has 0 fully saturated rings. The third-order valence-corrected chi connectivity index (χ3v) is 4.39. The van der Waals surface area contributed by atoms with Gasteiger partial charge in [0, 0.05) is 20.0 Å². The molecule has 0 heterocycles. The second-order valence-electron chi connectivity index (χ2n) is 4.39. The molecule has 19 heavy (non-hydrogen) atoms. The van der Waals surface area contributed by atoms with Crippen molar-refractivity contribution in [3.05, 3.63) is 67.2 Å². The Labute approximate surface area is 135 Å². The Morgan fingerprint density at radius 1 is 1.11 bits per heavy atom. The summed E-state index contributed by atoms with van der Waals surface area (Å²) in [7, 11) is 0. The highest BCUT2D eigenvalue weighted by Gasteiger charge is 2.11. The van der Waals surface area contributed by atoms with Gasteiger partial charge in [0.05, 0.1) is 0 Å². The van der Waals surface area contributed by atoms with Crippen molar-refractivity contribution in [3.63, 3.8) is 0 Å². The van der Waals surface area contributed by atoms with Crippen LogP contribution < -0.4 is 0 Å². The lowest BCUT2D eigenvalue weighted by atomic mass is 10.0. The molecule has 0 N–H and O–H groups in total. The van der Waals surface area contributed by atoms with Gasteiger partial charge in [-0.3, -0.25) is 4.79 Å². The number of carbonyl (C=O) groups is 1. The van der Waals surface area contributed by atoms with E-state index in [9.17, 15) is 4.79 Å². The first-order valence-electron chi connectivity index (χ1n) is 6.16. The Morgan fingerprint density at radius 2 is 1.74 bits per heavy atom. The molecule has 2 aromatic rings. The van der Waals surface area contributed by atoms with Crippen LogP contribution >= 0.6 is 38.5 Å². The van der Waals surface area contributed by atoms with Crippen LogP contribution in [0.15, 0.2) is 46.9 Å². The molecule has 0 aliphatic carbocycles. The Balaban J connectivity index is 2.18. The highest BCUT2D eigenvalue weighted by atomic mass is 127. The summed E-state index contributed by atoms with van der Waals surface area (Å²) in [6.07, 6.45) is 1.47. The van der Waals surface area contributed by atoms with Gasteiger partial charge in [0.1, 0.15) is 0 Å². The summed E-state index contributed by atoms with van der Waals surface area (Å²) in [6.45, 7) is 2.13. The summed E-state index contributed by atoms with van der Waals surface area (Å²) in [4.78, 5) is 12.3. The van der Waals surface area contributed by atoms with Crippen molar-refractivity contribution in [2.24, 2.45) is 0 Å². The third-order valence-electron chi connectivity index (χ3n) is 3.02. The smallest absolute Gasteiger partial charge is 0.168 e. The second-order valence-corrected chi connectivity index (χ2v) is 6.49. The Morgan fingerprint density at radius 3 is 2.37 bits per heavy atom. The van der Waals surface area contributed by atoms with Crippen LogP contribution in [0.5, 0.6) is 0 Å². The van der Waals surface area contributed by atoms with E-state index < -0.39 is 0 Å². The summed E-state index contributed by atoms with van der Waals surface area (Å²) < 4.78 is 1.94. The van der Waals surface area contributed by atoms with Gasteiger partial charge in [-0.25, -0.2) is 0 Å². The summed E-state index contributed by atoms with van der Waals surface area (Å²) in [5, 5.41) is 0. The molecule has 0 spiro atoms. The molecule has 3 heteroatoms. The maximum absolute atomic E-state index is 12.3. The monoisotopic (exact) mass is 428 g/mol. The van der Waals surface area contributed by atoms with Crippen molar-refractivity contribution >= 4 is 44.3 Å². The van der Waals surface area contributed by atoms with Crippen LogP contribution in [0, 0.1) is 3.57 Å². The molecule has 0 aliphatic rings. The average Bonchev–Trinajstić information content (AvgIpc) is 2.42. The number of hydrogen-bond acceptors (Lipinski definition) is 1. The van der Waals surface area contributed by atoms with E-state index in [-0.39, 0.29) is 5.78 Å². The Hall–Kier alpha value is -0.680. The average molecular weight is 429 g/mol. The predicted octanol–water partition coefficient (Wildman–Crippen LogP) is 5.04. The standard InChI is InChI=1S/C16H14BrIO/c1-2-11-3-5-12(6-4-11)9-16(19)14-10-13(18)7-8-15(14)17/h3-8,10H,2,9H2,1H3. The quantitative estimate of drug-likeness (QED) is 0.492. The van der Waals surface area contributed by atoms with Crippen molar-refractivity contribution in [3.8, 4) is 0 Å². The van der Waals surface area contributed by atoms with E-state index in [1.54, 1.807) is 0 Å². The SMILES string of the molecule is CCc1ccc(CC(=O)c2cc(I)ccc2Br)cc1. The third kappa shape index (κ3) is 3.89. The van der Waals surface area contributed by atoms with Gasteiger partial charge in [-0.15, -0.1) is 0 Å². The number of carbonyl (C=O) groups excluding carboxylic acids is 1. The number of rotatable bonds is 4. The molecule has 1 nitrogen and oxygen atoms in total. The maximum atomic E-state index is 12.3. The first-order chi connectivity index (χ1) is 9.10. The molecule has 0 aromatic heterocycles. The summed E-state index contributed by atoms with van der Waals surface area (Å²) in [5.41, 5.74) is 3.12. The second kappa shape index (κ2) is 6.66. The number of aryl methyl sites for hydroxylation is 1. The molecule has 0 bridgehead atoms. The number of halogens is 2. The van der Waals surface area contributed by atoms with Crippen LogP contribution in [-0.4, -0.2) is 5.78 Å². The van der Waals surface area contributed by atoms with Gasteiger partial charge in [0.2, 0.25) is 0 Å². The topological polar surface area (TPSA) is 17.1 Å². The van der Waals surface area contributed by atoms with E-state index in [4.69, 9.17) is 0 Å². The molecule has 0 atom stereocenters. The fourth-order valence-corrected chi connectivity index (χ4v) is 2.84. The maximum Gasteiger partial charge on any atom is 0.168 e. The van der Waals surface area contributed by atoms with Crippen molar-refractivity contribution < 1.29 is 4.79 Å². The van der Waals surface area contributed by atoms with Gasteiger partial charge < -0.3 is 0 Å². The summed E-state index contributed by atoms with van der Waals surface area (Å²) >= 11 is 5.67. The normalized spacial score (nSPS) is 10.5. The molecule has 2 aromatic carbocycles. The Bertz CT molecular complexity index is 590. The molecule has 2 rings (SSSR count). The number of Topliss-reactive ketones (excluding diaryl/α,β-unsaturated/α-hetero) is 1. The molecular formula is C16H14BrIO. The molecule has 98 valence electrons. The lowest BCUT2D eigenvalue weighted by Gasteiger charge is -2.05. The molecule has 0 saturated carbocycles. The van der Waals surface area contributed by atoms with Gasteiger partial charge in [0.15, 0.2) is 5.78 Å². The molecule has 0 amide bonds. The molecule has 0 radical (unpaired) electrons.